The molecule has 9 heteroatoms. The molecule has 1 spiro atoms. The Hall–Kier alpha value is -3.82. The van der Waals surface area contributed by atoms with Gasteiger partial charge >= 0.3 is 6.36 Å². The molecule has 5 atom stereocenters. The number of alkyl halides is 3. The van der Waals surface area contributed by atoms with Crippen molar-refractivity contribution >= 4 is 12.0 Å². The molecular formula is C35H35F3N2O4. The molecule has 230 valence electrons. The van der Waals surface area contributed by atoms with Crippen LogP contribution in [0.4, 0.5) is 13.2 Å². The second kappa shape index (κ2) is 10.7. The minimum absolute atomic E-state index is 0.0556. The summed E-state index contributed by atoms with van der Waals surface area (Å²) in [4.78, 5) is 17.6. The van der Waals surface area contributed by atoms with Crippen LogP contribution >= 0.6 is 0 Å². The number of hydrogen-bond donors (Lipinski definition) is 1. The molecule has 6 nitrogen and oxygen atoms in total. The maximum absolute atomic E-state index is 13.5. The van der Waals surface area contributed by atoms with Gasteiger partial charge in [0.25, 0.3) is 0 Å². The number of ether oxygens (including phenoxy) is 2. The van der Waals surface area contributed by atoms with E-state index in [1.165, 1.54) is 41.5 Å². The molecule has 1 N–H and O–H groups in total. The predicted octanol–water partition coefficient (Wildman–Crippen LogP) is 5.52. The molecule has 3 aromatic rings. The molecule has 1 amide bonds. The van der Waals surface area contributed by atoms with Gasteiger partial charge in [0.1, 0.15) is 17.6 Å². The average Bonchev–Trinajstić information content (AvgIpc) is 3.34. The van der Waals surface area contributed by atoms with Gasteiger partial charge in [0.15, 0.2) is 0 Å². The van der Waals surface area contributed by atoms with E-state index in [4.69, 9.17) is 4.74 Å². The molecule has 2 aliphatic heterocycles. The van der Waals surface area contributed by atoms with Gasteiger partial charge in [-0.15, -0.1) is 13.2 Å². The fourth-order valence-corrected chi connectivity index (χ4v) is 8.42. The lowest BCUT2D eigenvalue weighted by Gasteiger charge is -2.64. The van der Waals surface area contributed by atoms with Crippen LogP contribution in [0.2, 0.25) is 0 Å². The van der Waals surface area contributed by atoms with Crippen molar-refractivity contribution in [3.05, 3.63) is 101 Å². The molecule has 2 heterocycles. The summed E-state index contributed by atoms with van der Waals surface area (Å²) in [5, 5.41) is 12.7. The number of carbonyl (C=O) groups excluding carboxylic acids is 1. The smallest absolute Gasteiger partial charge is 0.487 e. The Morgan fingerprint density at radius 3 is 2.70 bits per heavy atom. The number of benzene rings is 3. The largest absolute Gasteiger partial charge is 0.573 e. The van der Waals surface area contributed by atoms with E-state index in [0.717, 1.165) is 43.7 Å². The zero-order valence-electron chi connectivity index (χ0n) is 24.5. The topological polar surface area (TPSA) is 62.2 Å². The number of aliphatic hydroxyl groups is 1. The fourth-order valence-electron chi connectivity index (χ4n) is 8.42. The van der Waals surface area contributed by atoms with E-state index in [0.29, 0.717) is 18.4 Å². The highest BCUT2D eigenvalue weighted by atomic mass is 19.4. The average molecular weight is 605 g/mol. The number of amides is 1. The van der Waals surface area contributed by atoms with Gasteiger partial charge in [-0.2, -0.15) is 0 Å². The van der Waals surface area contributed by atoms with Crippen LogP contribution in [0.5, 0.6) is 11.5 Å². The molecule has 44 heavy (non-hydrogen) atoms. The van der Waals surface area contributed by atoms with Crippen molar-refractivity contribution in [1.82, 2.24) is 9.80 Å². The van der Waals surface area contributed by atoms with Crippen molar-refractivity contribution in [3.8, 4) is 11.5 Å². The van der Waals surface area contributed by atoms with Crippen molar-refractivity contribution in [3.63, 3.8) is 0 Å². The number of piperidine rings is 1. The Morgan fingerprint density at radius 1 is 1.11 bits per heavy atom. The summed E-state index contributed by atoms with van der Waals surface area (Å²) in [5.74, 6) is 0.166. The lowest BCUT2D eigenvalue weighted by Crippen LogP contribution is -2.78. The zero-order valence-corrected chi connectivity index (χ0v) is 24.5. The van der Waals surface area contributed by atoms with Crippen molar-refractivity contribution in [2.24, 2.45) is 0 Å². The van der Waals surface area contributed by atoms with Gasteiger partial charge in [0.05, 0.1) is 17.1 Å². The summed E-state index contributed by atoms with van der Waals surface area (Å²) in [6, 6.07) is 21.7. The lowest BCUT2D eigenvalue weighted by atomic mass is 9.48. The summed E-state index contributed by atoms with van der Waals surface area (Å²) in [6.45, 7) is 1.68. The number of rotatable bonds is 7. The third kappa shape index (κ3) is 4.68. The highest BCUT2D eigenvalue weighted by Crippen LogP contribution is 2.64. The quantitative estimate of drug-likeness (QED) is 0.360. The van der Waals surface area contributed by atoms with Gasteiger partial charge in [-0.1, -0.05) is 54.6 Å². The summed E-state index contributed by atoms with van der Waals surface area (Å²) in [6.07, 6.45) is 1.15. The Bertz CT molecular complexity index is 1590. The number of hydrogen-bond acceptors (Lipinski definition) is 5. The number of likely N-dealkylation sites (tertiary alicyclic amines) is 1. The third-order valence-corrected chi connectivity index (χ3v) is 10.3. The number of carbonyl (C=O) groups is 1. The Balaban J connectivity index is 1.14. The van der Waals surface area contributed by atoms with Crippen LogP contribution in [0.25, 0.3) is 6.08 Å². The predicted molar refractivity (Wildman–Crippen MR) is 159 cm³/mol. The van der Waals surface area contributed by atoms with Crippen LogP contribution in [-0.4, -0.2) is 71.1 Å². The first-order valence-electron chi connectivity index (χ1n) is 15.2. The van der Waals surface area contributed by atoms with Gasteiger partial charge < -0.3 is 19.5 Å². The van der Waals surface area contributed by atoms with Crippen LogP contribution < -0.4 is 9.47 Å². The van der Waals surface area contributed by atoms with Crippen LogP contribution in [0.15, 0.2) is 78.9 Å². The maximum Gasteiger partial charge on any atom is 0.573 e. The SMILES string of the molecule is CN(C(=O)/C=C/c1cccc(OC(F)(F)F)c1)C1CC[C@@]2(O)[C@H]3Cc4cccc5c4[C@@]2(CCN3CCc2ccccc2)C1O5. The monoisotopic (exact) mass is 604 g/mol. The third-order valence-electron chi connectivity index (χ3n) is 10.3. The van der Waals surface area contributed by atoms with Gasteiger partial charge in [-0.25, -0.2) is 0 Å². The van der Waals surface area contributed by atoms with Crippen LogP contribution in [0.1, 0.15) is 41.5 Å². The van der Waals surface area contributed by atoms with Crippen molar-refractivity contribution in [1.29, 1.82) is 0 Å². The summed E-state index contributed by atoms with van der Waals surface area (Å²) in [5.41, 5.74) is 2.37. The Kier molecular flexibility index (Phi) is 7.01. The highest BCUT2D eigenvalue weighted by molar-refractivity contribution is 5.92. The first-order chi connectivity index (χ1) is 21.1. The van der Waals surface area contributed by atoms with Crippen molar-refractivity contribution in [2.75, 3.05) is 20.1 Å². The summed E-state index contributed by atoms with van der Waals surface area (Å²) < 4.78 is 48.7. The van der Waals surface area contributed by atoms with Gasteiger partial charge in [0, 0.05) is 31.3 Å². The molecule has 2 bridgehead atoms. The van der Waals surface area contributed by atoms with E-state index >= 15 is 0 Å². The van der Waals surface area contributed by atoms with E-state index in [1.807, 2.05) is 18.2 Å². The maximum atomic E-state index is 13.5. The van der Waals surface area contributed by atoms with E-state index in [1.54, 1.807) is 18.0 Å². The first kappa shape index (κ1) is 28.9. The highest BCUT2D eigenvalue weighted by Gasteiger charge is 2.72. The van der Waals surface area contributed by atoms with E-state index in [2.05, 4.69) is 40.0 Å². The van der Waals surface area contributed by atoms with E-state index in [9.17, 15) is 23.1 Å². The molecule has 2 unspecified atom stereocenters. The molecule has 0 radical (unpaired) electrons. The number of likely N-dealkylation sites (N-methyl/N-ethyl adjacent to an activating group) is 1. The molecule has 3 aromatic carbocycles. The molecule has 1 saturated heterocycles. The second-order valence-electron chi connectivity index (χ2n) is 12.5. The standard InChI is InChI=1S/C35H35F3N2O4/c1-39(30(41)14-13-24-9-5-11-26(21-24)44-35(36,37)38)27-15-17-34(42)29-22-25-10-6-12-28-31(25)33(34,32(27)43-28)18-20-40(29)19-16-23-7-3-2-4-8-23/h2-14,21,27,29,32,42H,15-20,22H2,1H3/b14-13+/t27?,29-,32?,33+,34-/m1/s1. The zero-order chi connectivity index (χ0) is 30.7. The Morgan fingerprint density at radius 2 is 1.91 bits per heavy atom. The number of nitrogens with zero attached hydrogens (tertiary/aromatic N) is 2. The van der Waals surface area contributed by atoms with Crippen LogP contribution in [0, 0.1) is 0 Å². The summed E-state index contributed by atoms with van der Waals surface area (Å²) in [7, 11) is 1.74. The lowest BCUT2D eigenvalue weighted by molar-refractivity contribution is -0.274. The minimum atomic E-state index is -4.80. The molecule has 2 fully saturated rings. The molecule has 4 aliphatic rings. The van der Waals surface area contributed by atoms with E-state index in [-0.39, 0.29) is 23.7 Å². The first-order valence-corrected chi connectivity index (χ1v) is 15.2. The van der Waals surface area contributed by atoms with Gasteiger partial charge in [0.2, 0.25) is 5.91 Å². The number of halogens is 3. The van der Waals surface area contributed by atoms with Gasteiger partial charge in [-0.05, 0) is 79.6 Å². The second-order valence-corrected chi connectivity index (χ2v) is 12.5. The van der Waals surface area contributed by atoms with E-state index < -0.39 is 23.5 Å². The molecule has 2 aliphatic carbocycles. The Labute approximate surface area is 254 Å². The molecule has 7 rings (SSSR count). The van der Waals surface area contributed by atoms with Crippen molar-refractivity contribution in [2.45, 2.75) is 67.7 Å². The fraction of sp³-hybridized carbons (Fsp3) is 0.400. The van der Waals surface area contributed by atoms with Crippen LogP contribution in [0.3, 0.4) is 0 Å². The molecule has 0 aromatic heterocycles. The normalized spacial score (nSPS) is 28.8. The summed E-state index contributed by atoms with van der Waals surface area (Å²) >= 11 is 0. The molecular weight excluding hydrogens is 569 g/mol. The van der Waals surface area contributed by atoms with Crippen LogP contribution in [-0.2, 0) is 23.1 Å². The molecule has 1 saturated carbocycles. The van der Waals surface area contributed by atoms with Gasteiger partial charge in [-0.3, -0.25) is 9.69 Å². The minimum Gasteiger partial charge on any atom is -0.487 e. The van der Waals surface area contributed by atoms with Crippen molar-refractivity contribution < 1.29 is 32.5 Å².